The Hall–Kier alpha value is -0.870. The minimum atomic E-state index is -3.07. The van der Waals surface area contributed by atoms with Crippen LogP contribution in [-0.4, -0.2) is 30.2 Å². The van der Waals surface area contributed by atoms with E-state index < -0.39 is 23.3 Å². The van der Waals surface area contributed by atoms with Crippen molar-refractivity contribution in [3.05, 3.63) is 32.9 Å². The number of rotatable bonds is 8. The second kappa shape index (κ2) is 8.43. The highest BCUT2D eigenvalue weighted by Gasteiger charge is 2.54. The first-order valence-corrected chi connectivity index (χ1v) is 10.2. The van der Waals surface area contributed by atoms with Gasteiger partial charge in [-0.05, 0) is 66.9 Å². The van der Waals surface area contributed by atoms with Crippen molar-refractivity contribution in [2.45, 2.75) is 38.7 Å². The molecule has 2 unspecified atom stereocenters. The fourth-order valence-electron chi connectivity index (χ4n) is 2.51. The van der Waals surface area contributed by atoms with E-state index in [4.69, 9.17) is 0 Å². The molecule has 1 amide bonds. The summed E-state index contributed by atoms with van der Waals surface area (Å²) in [6.45, 7) is 2.31. The van der Waals surface area contributed by atoms with Crippen LogP contribution in [0.25, 0.3) is 9.75 Å². The first-order valence-electron chi connectivity index (χ1n) is 7.80. The lowest BCUT2D eigenvalue weighted by Crippen LogP contribution is -2.57. The maximum atomic E-state index is 13.4. The highest BCUT2D eigenvalue weighted by atomic mass is 79.9. The summed E-state index contributed by atoms with van der Waals surface area (Å²) in [6, 6.07) is 7.85. The minimum Gasteiger partial charge on any atom is -0.383 e. The first-order chi connectivity index (χ1) is 12.1. The summed E-state index contributed by atoms with van der Waals surface area (Å²) >= 11 is 6.57. The zero-order chi connectivity index (χ0) is 19.5. The molecule has 0 aliphatic carbocycles. The molecule has 0 aromatic carbocycles. The minimum absolute atomic E-state index is 0.0492. The largest absolute Gasteiger partial charge is 0.383 e. The van der Waals surface area contributed by atoms with Crippen LogP contribution in [0.4, 0.5) is 8.78 Å². The summed E-state index contributed by atoms with van der Waals surface area (Å²) in [6.07, 6.45) is -2.64. The Morgan fingerprint density at radius 1 is 1.27 bits per heavy atom. The Kier molecular flexibility index (Phi) is 6.95. The zero-order valence-electron chi connectivity index (χ0n) is 14.5. The van der Waals surface area contributed by atoms with Crippen molar-refractivity contribution in [3.8, 4) is 9.75 Å². The van der Waals surface area contributed by atoms with Crippen LogP contribution in [0.2, 0.25) is 0 Å². The molecule has 2 rings (SSSR count). The predicted octanol–water partition coefficient (Wildman–Crippen LogP) is 4.87. The molecule has 0 aliphatic heterocycles. The summed E-state index contributed by atoms with van der Waals surface area (Å²) < 4.78 is 27.8. The number of halogens is 3. The fourth-order valence-corrected chi connectivity index (χ4v) is 4.99. The van der Waals surface area contributed by atoms with E-state index >= 15 is 0 Å². The lowest BCUT2D eigenvalue weighted by Gasteiger charge is -2.40. The number of thiophene rings is 2. The van der Waals surface area contributed by atoms with Crippen molar-refractivity contribution in [2.24, 2.45) is 5.41 Å². The summed E-state index contributed by atoms with van der Waals surface area (Å²) in [5, 5.41) is 10.3. The highest BCUT2D eigenvalue weighted by molar-refractivity contribution is 9.11. The maximum absolute atomic E-state index is 13.4. The molecule has 0 bridgehead atoms. The molecule has 2 N–H and O–H groups in total. The van der Waals surface area contributed by atoms with E-state index in [-0.39, 0.29) is 6.42 Å². The van der Waals surface area contributed by atoms with Gasteiger partial charge in [0.25, 0.3) is 12.3 Å². The fraction of sp³-hybridized carbons (Fsp3) is 0.471. The van der Waals surface area contributed by atoms with E-state index in [1.807, 2.05) is 24.3 Å². The van der Waals surface area contributed by atoms with E-state index in [0.29, 0.717) is 6.42 Å². The van der Waals surface area contributed by atoms with Gasteiger partial charge in [-0.25, -0.2) is 14.3 Å². The maximum Gasteiger partial charge on any atom is 0.267 e. The van der Waals surface area contributed by atoms with E-state index in [2.05, 4.69) is 26.2 Å². The molecule has 9 heteroatoms. The van der Waals surface area contributed by atoms with Gasteiger partial charge < -0.3 is 5.11 Å². The molecule has 0 fully saturated rings. The SMILES string of the molecule is CONC(=O)C(C)(CCc1ccc(-c2ccc(Br)s2)s1)C(C)(O)C(F)F. The number of amides is 1. The predicted molar refractivity (Wildman–Crippen MR) is 104 cm³/mol. The van der Waals surface area contributed by atoms with Gasteiger partial charge in [0.2, 0.25) is 0 Å². The van der Waals surface area contributed by atoms with E-state index in [0.717, 1.165) is 25.3 Å². The number of nitrogens with one attached hydrogen (secondary N) is 1. The second-order valence-corrected chi connectivity index (χ2v) is 9.92. The summed E-state index contributed by atoms with van der Waals surface area (Å²) in [5.74, 6) is -0.774. The Balaban J connectivity index is 2.19. The van der Waals surface area contributed by atoms with Crippen LogP contribution in [0.5, 0.6) is 0 Å². The van der Waals surface area contributed by atoms with Gasteiger partial charge in [0.15, 0.2) is 0 Å². The van der Waals surface area contributed by atoms with E-state index in [1.54, 1.807) is 22.7 Å². The van der Waals surface area contributed by atoms with Gasteiger partial charge in [-0.2, -0.15) is 0 Å². The molecule has 2 heterocycles. The van der Waals surface area contributed by atoms with Crippen LogP contribution in [-0.2, 0) is 16.1 Å². The Morgan fingerprint density at radius 2 is 1.88 bits per heavy atom. The van der Waals surface area contributed by atoms with Crippen molar-refractivity contribution in [3.63, 3.8) is 0 Å². The molecule has 0 radical (unpaired) electrons. The molecule has 0 aliphatic rings. The molecule has 0 spiro atoms. The molecule has 144 valence electrons. The van der Waals surface area contributed by atoms with Gasteiger partial charge in [0.1, 0.15) is 5.60 Å². The monoisotopic (exact) mass is 467 g/mol. The van der Waals surface area contributed by atoms with E-state index in [9.17, 15) is 18.7 Å². The smallest absolute Gasteiger partial charge is 0.267 e. The molecule has 26 heavy (non-hydrogen) atoms. The number of carbonyl (C=O) groups excluding carboxylic acids is 1. The zero-order valence-corrected chi connectivity index (χ0v) is 17.7. The normalized spacial score (nSPS) is 16.3. The number of hydrogen-bond donors (Lipinski definition) is 2. The van der Waals surface area contributed by atoms with Gasteiger partial charge in [-0.1, -0.05) is 0 Å². The van der Waals surface area contributed by atoms with Crippen molar-refractivity contribution in [2.75, 3.05) is 7.11 Å². The van der Waals surface area contributed by atoms with E-state index in [1.165, 1.54) is 14.0 Å². The third-order valence-electron chi connectivity index (χ3n) is 4.59. The summed E-state index contributed by atoms with van der Waals surface area (Å²) in [5.41, 5.74) is -2.12. The molecular weight excluding hydrogens is 448 g/mol. The Morgan fingerprint density at radius 3 is 2.42 bits per heavy atom. The Labute approximate surface area is 167 Å². The quantitative estimate of drug-likeness (QED) is 0.544. The van der Waals surface area contributed by atoms with Crippen molar-refractivity contribution in [1.29, 1.82) is 0 Å². The van der Waals surface area contributed by atoms with Gasteiger partial charge >= 0.3 is 0 Å². The third kappa shape index (κ3) is 4.33. The number of carbonyl (C=O) groups is 1. The Bertz CT molecular complexity index is 763. The van der Waals surface area contributed by atoms with Gasteiger partial charge in [-0.3, -0.25) is 9.63 Å². The van der Waals surface area contributed by atoms with Crippen LogP contribution in [0.1, 0.15) is 25.1 Å². The average molecular weight is 468 g/mol. The van der Waals surface area contributed by atoms with Gasteiger partial charge in [0.05, 0.1) is 16.3 Å². The average Bonchev–Trinajstić information content (AvgIpc) is 3.21. The molecular formula is C17H20BrF2NO3S2. The summed E-state index contributed by atoms with van der Waals surface area (Å²) in [4.78, 5) is 20.0. The molecule has 4 nitrogen and oxygen atoms in total. The topological polar surface area (TPSA) is 58.6 Å². The number of hydrogen-bond acceptors (Lipinski definition) is 5. The van der Waals surface area contributed by atoms with Crippen molar-refractivity contribution in [1.82, 2.24) is 5.48 Å². The van der Waals surface area contributed by atoms with Gasteiger partial charge in [0, 0.05) is 14.6 Å². The molecule has 0 saturated heterocycles. The third-order valence-corrected chi connectivity index (χ3v) is 7.55. The number of hydroxylamine groups is 1. The number of aryl methyl sites for hydroxylation is 1. The lowest BCUT2D eigenvalue weighted by molar-refractivity contribution is -0.184. The standard InChI is InChI=1S/C17H20BrF2NO3S2/c1-16(15(22)21-24-3,17(2,23)14(19)20)9-8-10-4-5-11(25-10)12-6-7-13(18)26-12/h4-7,14,23H,8-9H2,1-3H3,(H,21,22). The number of aliphatic hydroxyl groups is 1. The first kappa shape index (κ1) is 21.4. The molecule has 0 saturated carbocycles. The molecule has 2 aromatic rings. The van der Waals surface area contributed by atoms with Crippen LogP contribution >= 0.6 is 38.6 Å². The van der Waals surface area contributed by atoms with Gasteiger partial charge in [-0.15, -0.1) is 22.7 Å². The second-order valence-electron chi connectivity index (χ2n) is 6.29. The van der Waals surface area contributed by atoms with Crippen LogP contribution < -0.4 is 5.48 Å². The molecule has 2 atom stereocenters. The van der Waals surface area contributed by atoms with Crippen LogP contribution in [0.15, 0.2) is 28.1 Å². The van der Waals surface area contributed by atoms with Crippen LogP contribution in [0.3, 0.4) is 0 Å². The summed E-state index contributed by atoms with van der Waals surface area (Å²) in [7, 11) is 1.22. The number of alkyl halides is 2. The van der Waals surface area contributed by atoms with Crippen molar-refractivity contribution >= 4 is 44.5 Å². The molecule has 2 aromatic heterocycles. The van der Waals surface area contributed by atoms with Crippen molar-refractivity contribution < 1.29 is 23.5 Å². The highest BCUT2D eigenvalue weighted by Crippen LogP contribution is 2.42. The van der Waals surface area contributed by atoms with Crippen LogP contribution in [0, 0.1) is 5.41 Å². The lowest BCUT2D eigenvalue weighted by atomic mass is 9.70.